The first-order valence-corrected chi connectivity index (χ1v) is 6.38. The van der Waals surface area contributed by atoms with E-state index in [-0.39, 0.29) is 5.56 Å². The number of rotatable bonds is 4. The normalized spacial score (nSPS) is 10.2. The lowest BCUT2D eigenvalue weighted by Crippen LogP contribution is -2.28. The Labute approximate surface area is 121 Å². The van der Waals surface area contributed by atoms with Crippen molar-refractivity contribution in [2.75, 3.05) is 5.32 Å². The van der Waals surface area contributed by atoms with Crippen LogP contribution in [0, 0.1) is 13.8 Å². The highest BCUT2D eigenvalue weighted by Crippen LogP contribution is 2.20. The number of carboxylic acid groups (broad SMARTS) is 1. The minimum atomic E-state index is -1.02. The Morgan fingerprint density at radius 2 is 2.05 bits per heavy atom. The molecule has 0 radical (unpaired) electrons. The van der Waals surface area contributed by atoms with Crippen LogP contribution >= 0.6 is 0 Å². The maximum absolute atomic E-state index is 11.8. The number of carboxylic acids is 1. The highest BCUT2D eigenvalue weighted by Gasteiger charge is 2.12. The molecule has 0 saturated heterocycles. The van der Waals surface area contributed by atoms with Crippen LogP contribution in [-0.2, 0) is 6.54 Å². The third-order valence-electron chi connectivity index (χ3n) is 3.19. The van der Waals surface area contributed by atoms with Crippen molar-refractivity contribution in [3.05, 3.63) is 53.0 Å². The van der Waals surface area contributed by atoms with Crippen LogP contribution in [0.15, 0.2) is 35.1 Å². The number of carbonyl (C=O) groups excluding carboxylic acids is 1. The molecule has 0 spiro atoms. The van der Waals surface area contributed by atoms with Crippen LogP contribution in [-0.4, -0.2) is 17.1 Å². The summed E-state index contributed by atoms with van der Waals surface area (Å²) in [6.07, 6.45) is 3.07. The molecule has 0 saturated carbocycles. The second-order valence-electron chi connectivity index (χ2n) is 4.71. The maximum atomic E-state index is 11.8. The van der Waals surface area contributed by atoms with Gasteiger partial charge in [0.2, 0.25) is 0 Å². The van der Waals surface area contributed by atoms with E-state index in [0.717, 1.165) is 11.1 Å². The second kappa shape index (κ2) is 6.13. The fourth-order valence-corrected chi connectivity index (χ4v) is 1.90. The molecule has 0 unspecified atom stereocenters. The van der Waals surface area contributed by atoms with Gasteiger partial charge in [0.25, 0.3) is 0 Å². The van der Waals surface area contributed by atoms with Gasteiger partial charge in [0, 0.05) is 17.8 Å². The van der Waals surface area contributed by atoms with Crippen molar-refractivity contribution in [1.82, 2.24) is 5.32 Å². The van der Waals surface area contributed by atoms with Crippen LogP contribution in [0.1, 0.15) is 27.0 Å². The summed E-state index contributed by atoms with van der Waals surface area (Å²) >= 11 is 0. The zero-order valence-corrected chi connectivity index (χ0v) is 11.8. The number of nitrogens with one attached hydrogen (secondary N) is 2. The topological polar surface area (TPSA) is 91.6 Å². The highest BCUT2D eigenvalue weighted by molar-refractivity contribution is 5.94. The molecule has 110 valence electrons. The zero-order valence-electron chi connectivity index (χ0n) is 11.8. The number of anilines is 1. The fourth-order valence-electron chi connectivity index (χ4n) is 1.90. The first-order valence-electron chi connectivity index (χ1n) is 6.38. The molecular weight excluding hydrogens is 272 g/mol. The van der Waals surface area contributed by atoms with E-state index in [9.17, 15) is 9.59 Å². The summed E-state index contributed by atoms with van der Waals surface area (Å²) in [4.78, 5) is 22.9. The SMILES string of the molecule is Cc1cc(NC(=O)NCc2ccoc2)cc(C(=O)O)c1C. The quantitative estimate of drug-likeness (QED) is 0.806. The predicted octanol–water partition coefficient (Wildman–Crippen LogP) is 2.92. The third kappa shape index (κ3) is 3.62. The Morgan fingerprint density at radius 3 is 2.67 bits per heavy atom. The molecule has 0 fully saturated rings. The van der Waals surface area contributed by atoms with Crippen molar-refractivity contribution in [3.8, 4) is 0 Å². The van der Waals surface area contributed by atoms with Gasteiger partial charge in [0.15, 0.2) is 0 Å². The molecule has 0 aliphatic rings. The molecule has 6 nitrogen and oxygen atoms in total. The molecule has 0 bridgehead atoms. The van der Waals surface area contributed by atoms with Crippen molar-refractivity contribution in [3.63, 3.8) is 0 Å². The van der Waals surface area contributed by atoms with Gasteiger partial charge < -0.3 is 20.2 Å². The van der Waals surface area contributed by atoms with E-state index in [1.807, 2.05) is 0 Å². The van der Waals surface area contributed by atoms with Gasteiger partial charge in [0.05, 0.1) is 18.1 Å². The van der Waals surface area contributed by atoms with E-state index in [1.165, 1.54) is 12.3 Å². The van der Waals surface area contributed by atoms with Crippen molar-refractivity contribution in [1.29, 1.82) is 0 Å². The lowest BCUT2D eigenvalue weighted by molar-refractivity contribution is 0.0696. The largest absolute Gasteiger partial charge is 0.478 e. The first kappa shape index (κ1) is 14.6. The van der Waals surface area contributed by atoms with E-state index in [4.69, 9.17) is 9.52 Å². The van der Waals surface area contributed by atoms with E-state index >= 15 is 0 Å². The molecule has 3 N–H and O–H groups in total. The molecule has 2 rings (SSSR count). The monoisotopic (exact) mass is 288 g/mol. The molecular formula is C15H16N2O4. The van der Waals surface area contributed by atoms with Gasteiger partial charge in [0.1, 0.15) is 0 Å². The Hall–Kier alpha value is -2.76. The van der Waals surface area contributed by atoms with Gasteiger partial charge in [-0.3, -0.25) is 0 Å². The molecule has 6 heteroatoms. The molecule has 2 aromatic rings. The summed E-state index contributed by atoms with van der Waals surface area (Å²) in [5.41, 5.74) is 2.96. The number of hydrogen-bond acceptors (Lipinski definition) is 3. The smallest absolute Gasteiger partial charge is 0.336 e. The number of amides is 2. The molecule has 0 aliphatic heterocycles. The lowest BCUT2D eigenvalue weighted by Gasteiger charge is -2.11. The van der Waals surface area contributed by atoms with Crippen molar-refractivity contribution < 1.29 is 19.1 Å². The summed E-state index contributed by atoms with van der Waals surface area (Å²) < 4.78 is 4.90. The van der Waals surface area contributed by atoms with Gasteiger partial charge in [-0.05, 0) is 43.2 Å². The summed E-state index contributed by atoms with van der Waals surface area (Å²) in [5, 5.41) is 14.4. The molecule has 21 heavy (non-hydrogen) atoms. The van der Waals surface area contributed by atoms with E-state index in [1.54, 1.807) is 32.2 Å². The standard InChI is InChI=1S/C15H16N2O4/c1-9-5-12(6-13(10(9)2)14(18)19)17-15(20)16-7-11-3-4-21-8-11/h3-6,8H,7H2,1-2H3,(H,18,19)(H2,16,17,20). The minimum absolute atomic E-state index is 0.181. The Morgan fingerprint density at radius 1 is 1.29 bits per heavy atom. The molecule has 1 aromatic heterocycles. The second-order valence-corrected chi connectivity index (χ2v) is 4.71. The van der Waals surface area contributed by atoms with Crippen molar-refractivity contribution >= 4 is 17.7 Å². The summed E-state index contributed by atoms with van der Waals surface area (Å²) in [7, 11) is 0. The van der Waals surface area contributed by atoms with Crippen molar-refractivity contribution in [2.45, 2.75) is 20.4 Å². The maximum Gasteiger partial charge on any atom is 0.336 e. The number of carbonyl (C=O) groups is 2. The molecule has 0 aliphatic carbocycles. The van der Waals surface area contributed by atoms with Crippen LogP contribution in [0.5, 0.6) is 0 Å². The minimum Gasteiger partial charge on any atom is -0.478 e. The third-order valence-corrected chi connectivity index (χ3v) is 3.19. The Balaban J connectivity index is 2.05. The molecule has 1 heterocycles. The average Bonchev–Trinajstić information content (AvgIpc) is 2.93. The number of aryl methyl sites for hydroxylation is 1. The molecule has 1 aromatic carbocycles. The Kier molecular flexibility index (Phi) is 4.27. The summed E-state index contributed by atoms with van der Waals surface area (Å²) in [6, 6.07) is 4.52. The summed E-state index contributed by atoms with van der Waals surface area (Å²) in [5.74, 6) is -1.02. The first-order chi connectivity index (χ1) is 9.97. The van der Waals surface area contributed by atoms with Crippen LogP contribution in [0.4, 0.5) is 10.5 Å². The predicted molar refractivity (Wildman–Crippen MR) is 77.4 cm³/mol. The van der Waals surface area contributed by atoms with Gasteiger partial charge in [-0.2, -0.15) is 0 Å². The van der Waals surface area contributed by atoms with Crippen LogP contribution in [0.25, 0.3) is 0 Å². The van der Waals surface area contributed by atoms with Gasteiger partial charge in [-0.1, -0.05) is 0 Å². The molecule has 2 amide bonds. The Bertz CT molecular complexity index is 663. The van der Waals surface area contributed by atoms with Gasteiger partial charge in [-0.15, -0.1) is 0 Å². The number of hydrogen-bond donors (Lipinski definition) is 3. The van der Waals surface area contributed by atoms with Crippen LogP contribution < -0.4 is 10.6 Å². The number of benzene rings is 1. The van der Waals surface area contributed by atoms with E-state index in [0.29, 0.717) is 17.8 Å². The number of furan rings is 1. The van der Waals surface area contributed by atoms with Crippen LogP contribution in [0.3, 0.4) is 0 Å². The van der Waals surface area contributed by atoms with Crippen LogP contribution in [0.2, 0.25) is 0 Å². The van der Waals surface area contributed by atoms with E-state index < -0.39 is 12.0 Å². The average molecular weight is 288 g/mol. The number of urea groups is 1. The summed E-state index contributed by atoms with van der Waals surface area (Å²) in [6.45, 7) is 3.87. The van der Waals surface area contributed by atoms with Crippen molar-refractivity contribution in [2.24, 2.45) is 0 Å². The van der Waals surface area contributed by atoms with Gasteiger partial charge >= 0.3 is 12.0 Å². The van der Waals surface area contributed by atoms with Gasteiger partial charge in [-0.25, -0.2) is 9.59 Å². The fraction of sp³-hybridized carbons (Fsp3) is 0.200. The molecule has 0 atom stereocenters. The highest BCUT2D eigenvalue weighted by atomic mass is 16.4. The van der Waals surface area contributed by atoms with E-state index in [2.05, 4.69) is 10.6 Å². The zero-order chi connectivity index (χ0) is 15.4. The number of aromatic carboxylic acids is 1. The lowest BCUT2D eigenvalue weighted by atomic mass is 10.0.